The molecule has 94 valence electrons. The highest BCUT2D eigenvalue weighted by Gasteiger charge is 2.17. The van der Waals surface area contributed by atoms with Crippen molar-refractivity contribution in [2.45, 2.75) is 13.0 Å². The average molecular weight is 313 g/mol. The van der Waals surface area contributed by atoms with Crippen LogP contribution in [0.15, 0.2) is 40.9 Å². The molecule has 0 bridgehead atoms. The predicted molar refractivity (Wildman–Crippen MR) is 69.3 cm³/mol. The fraction of sp³-hybridized carbons (Fsp3) is 0.143. The van der Waals surface area contributed by atoms with Crippen LogP contribution < -0.4 is 0 Å². The van der Waals surface area contributed by atoms with E-state index in [0.29, 0.717) is 15.6 Å². The van der Waals surface area contributed by atoms with Gasteiger partial charge in [-0.1, -0.05) is 22.0 Å². The van der Waals surface area contributed by atoms with Gasteiger partial charge in [0.05, 0.1) is 0 Å². The van der Waals surface area contributed by atoms with Crippen LogP contribution in [0.4, 0.5) is 8.78 Å². The van der Waals surface area contributed by atoms with E-state index in [9.17, 15) is 13.9 Å². The molecule has 0 aliphatic rings. The monoisotopic (exact) mass is 312 g/mol. The molecule has 18 heavy (non-hydrogen) atoms. The molecule has 0 heterocycles. The average Bonchev–Trinajstić information content (AvgIpc) is 2.34. The Labute approximate surface area is 112 Å². The zero-order chi connectivity index (χ0) is 13.3. The molecule has 1 atom stereocenters. The second-order valence-electron chi connectivity index (χ2n) is 4.07. The van der Waals surface area contributed by atoms with E-state index >= 15 is 0 Å². The first-order valence-corrected chi connectivity index (χ1v) is 6.17. The summed E-state index contributed by atoms with van der Waals surface area (Å²) in [4.78, 5) is 0. The van der Waals surface area contributed by atoms with E-state index in [4.69, 9.17) is 0 Å². The first-order valence-electron chi connectivity index (χ1n) is 5.38. The highest BCUT2D eigenvalue weighted by Crippen LogP contribution is 2.29. The fourth-order valence-electron chi connectivity index (χ4n) is 1.80. The van der Waals surface area contributed by atoms with Gasteiger partial charge < -0.3 is 5.11 Å². The van der Waals surface area contributed by atoms with Crippen LogP contribution in [0.3, 0.4) is 0 Å². The molecule has 2 aromatic rings. The molecule has 4 heteroatoms. The summed E-state index contributed by atoms with van der Waals surface area (Å²) in [6, 6.07) is 8.39. The maximum atomic E-state index is 13.7. The SMILES string of the molecule is Cc1ccc(F)cc1C(O)c1cc(Br)ccc1F. The first kappa shape index (κ1) is 13.2. The van der Waals surface area contributed by atoms with Crippen LogP contribution in [0, 0.1) is 18.6 Å². The van der Waals surface area contributed by atoms with Crippen LogP contribution in [0.1, 0.15) is 22.8 Å². The van der Waals surface area contributed by atoms with E-state index in [1.807, 2.05) is 0 Å². The molecule has 0 radical (unpaired) electrons. The summed E-state index contributed by atoms with van der Waals surface area (Å²) in [7, 11) is 0. The number of aliphatic hydroxyl groups is 1. The number of aryl methyl sites for hydroxylation is 1. The van der Waals surface area contributed by atoms with Crippen LogP contribution >= 0.6 is 15.9 Å². The third kappa shape index (κ3) is 2.60. The number of hydrogen-bond acceptors (Lipinski definition) is 1. The second kappa shape index (κ2) is 5.16. The molecule has 1 N–H and O–H groups in total. The van der Waals surface area contributed by atoms with Gasteiger partial charge >= 0.3 is 0 Å². The van der Waals surface area contributed by atoms with Crippen LogP contribution in [-0.4, -0.2) is 5.11 Å². The Morgan fingerprint density at radius 3 is 2.50 bits per heavy atom. The Morgan fingerprint density at radius 2 is 1.78 bits per heavy atom. The zero-order valence-electron chi connectivity index (χ0n) is 9.62. The van der Waals surface area contributed by atoms with Crippen molar-refractivity contribution in [3.05, 3.63) is 69.2 Å². The van der Waals surface area contributed by atoms with Crippen molar-refractivity contribution in [1.82, 2.24) is 0 Å². The number of rotatable bonds is 2. The number of hydrogen-bond donors (Lipinski definition) is 1. The smallest absolute Gasteiger partial charge is 0.129 e. The number of halogens is 3. The third-order valence-electron chi connectivity index (χ3n) is 2.79. The lowest BCUT2D eigenvalue weighted by atomic mass is 9.97. The van der Waals surface area contributed by atoms with E-state index in [1.165, 1.54) is 24.3 Å². The molecular formula is C14H11BrF2O. The predicted octanol–water partition coefficient (Wildman–Crippen LogP) is 4.12. The Balaban J connectivity index is 2.50. The molecule has 0 saturated carbocycles. The second-order valence-corrected chi connectivity index (χ2v) is 4.98. The van der Waals surface area contributed by atoms with Gasteiger partial charge in [0.15, 0.2) is 0 Å². The number of benzene rings is 2. The molecule has 2 rings (SSSR count). The van der Waals surface area contributed by atoms with Gasteiger partial charge in [-0.25, -0.2) is 8.78 Å². The van der Waals surface area contributed by atoms with Crippen molar-refractivity contribution in [2.24, 2.45) is 0 Å². The van der Waals surface area contributed by atoms with E-state index in [1.54, 1.807) is 19.1 Å². The van der Waals surface area contributed by atoms with Crippen LogP contribution in [0.5, 0.6) is 0 Å². The van der Waals surface area contributed by atoms with Gasteiger partial charge in [0.2, 0.25) is 0 Å². The molecule has 0 aliphatic carbocycles. The first-order chi connectivity index (χ1) is 8.49. The quantitative estimate of drug-likeness (QED) is 0.884. The lowest BCUT2D eigenvalue weighted by Gasteiger charge is -2.15. The van der Waals surface area contributed by atoms with Gasteiger partial charge in [0.1, 0.15) is 17.7 Å². The standard InChI is InChI=1S/C14H11BrF2O/c1-8-2-4-10(16)7-11(8)14(18)12-6-9(15)3-5-13(12)17/h2-7,14,18H,1H3. The molecule has 0 fully saturated rings. The lowest BCUT2D eigenvalue weighted by molar-refractivity contribution is 0.213. The summed E-state index contributed by atoms with van der Waals surface area (Å²) >= 11 is 3.22. The van der Waals surface area contributed by atoms with Gasteiger partial charge in [-0.15, -0.1) is 0 Å². The minimum atomic E-state index is -1.18. The van der Waals surface area contributed by atoms with Crippen molar-refractivity contribution < 1.29 is 13.9 Å². The Kier molecular flexibility index (Phi) is 3.78. The highest BCUT2D eigenvalue weighted by atomic mass is 79.9. The van der Waals surface area contributed by atoms with Crippen molar-refractivity contribution in [1.29, 1.82) is 0 Å². The maximum Gasteiger partial charge on any atom is 0.129 e. The molecule has 1 unspecified atom stereocenters. The molecule has 0 amide bonds. The van der Waals surface area contributed by atoms with E-state index in [0.717, 1.165) is 0 Å². The van der Waals surface area contributed by atoms with Gasteiger partial charge in [0, 0.05) is 10.0 Å². The van der Waals surface area contributed by atoms with Gasteiger partial charge in [-0.05, 0) is 48.4 Å². The van der Waals surface area contributed by atoms with E-state index in [2.05, 4.69) is 15.9 Å². The third-order valence-corrected chi connectivity index (χ3v) is 3.28. The van der Waals surface area contributed by atoms with Crippen LogP contribution in [0.2, 0.25) is 0 Å². The minimum absolute atomic E-state index is 0.123. The Hall–Kier alpha value is -1.26. The summed E-state index contributed by atoms with van der Waals surface area (Å²) < 4.78 is 27.5. The summed E-state index contributed by atoms with van der Waals surface area (Å²) in [6.45, 7) is 1.74. The molecular weight excluding hydrogens is 302 g/mol. The lowest BCUT2D eigenvalue weighted by Crippen LogP contribution is -2.05. The van der Waals surface area contributed by atoms with Crippen molar-refractivity contribution in [2.75, 3.05) is 0 Å². The van der Waals surface area contributed by atoms with Crippen molar-refractivity contribution in [3.63, 3.8) is 0 Å². The van der Waals surface area contributed by atoms with Gasteiger partial charge in [0.25, 0.3) is 0 Å². The normalized spacial score (nSPS) is 12.5. The Bertz CT molecular complexity index is 533. The van der Waals surface area contributed by atoms with Gasteiger partial charge in [-0.2, -0.15) is 0 Å². The summed E-state index contributed by atoms with van der Waals surface area (Å²) in [5.41, 5.74) is 1.20. The van der Waals surface area contributed by atoms with E-state index in [-0.39, 0.29) is 5.56 Å². The molecule has 0 saturated heterocycles. The highest BCUT2D eigenvalue weighted by molar-refractivity contribution is 9.10. The minimum Gasteiger partial charge on any atom is -0.384 e. The fourth-order valence-corrected chi connectivity index (χ4v) is 2.18. The summed E-state index contributed by atoms with van der Waals surface area (Å²) in [5, 5.41) is 10.2. The van der Waals surface area contributed by atoms with Crippen molar-refractivity contribution in [3.8, 4) is 0 Å². The van der Waals surface area contributed by atoms with Crippen molar-refractivity contribution >= 4 is 15.9 Å². The summed E-state index contributed by atoms with van der Waals surface area (Å²) in [6.07, 6.45) is -1.18. The topological polar surface area (TPSA) is 20.2 Å². The molecule has 2 aromatic carbocycles. The summed E-state index contributed by atoms with van der Waals surface area (Å²) in [5.74, 6) is -0.973. The Morgan fingerprint density at radius 1 is 1.06 bits per heavy atom. The van der Waals surface area contributed by atoms with E-state index < -0.39 is 17.7 Å². The zero-order valence-corrected chi connectivity index (χ0v) is 11.2. The molecule has 0 aromatic heterocycles. The van der Waals surface area contributed by atoms with Gasteiger partial charge in [-0.3, -0.25) is 0 Å². The van der Waals surface area contributed by atoms with Crippen LogP contribution in [0.25, 0.3) is 0 Å². The maximum absolute atomic E-state index is 13.7. The number of aliphatic hydroxyl groups excluding tert-OH is 1. The largest absolute Gasteiger partial charge is 0.384 e. The molecule has 0 aliphatic heterocycles. The van der Waals surface area contributed by atoms with Crippen LogP contribution in [-0.2, 0) is 0 Å². The molecule has 1 nitrogen and oxygen atoms in total. The molecule has 0 spiro atoms.